The highest BCUT2D eigenvalue weighted by molar-refractivity contribution is 5.90. The lowest BCUT2D eigenvalue weighted by Crippen LogP contribution is -2.11. The van der Waals surface area contributed by atoms with E-state index in [1.165, 1.54) is 0 Å². The number of aromatic nitrogens is 6. The van der Waals surface area contributed by atoms with Crippen molar-refractivity contribution in [3.63, 3.8) is 0 Å². The summed E-state index contributed by atoms with van der Waals surface area (Å²) in [6, 6.07) is 7.77. The van der Waals surface area contributed by atoms with Crippen LogP contribution in [0.4, 0.5) is 5.69 Å². The Kier molecular flexibility index (Phi) is 3.64. The van der Waals surface area contributed by atoms with Gasteiger partial charge in [-0.25, -0.2) is 14.5 Å². The number of hydrogen-bond donors (Lipinski definition) is 0. The monoisotopic (exact) mass is 351 g/mol. The van der Waals surface area contributed by atoms with Crippen molar-refractivity contribution in [3.05, 3.63) is 57.9 Å². The molecule has 3 heterocycles. The highest BCUT2D eigenvalue weighted by Crippen LogP contribution is 2.25. The molecule has 0 spiro atoms. The predicted molar refractivity (Wildman–Crippen MR) is 95.1 cm³/mol. The van der Waals surface area contributed by atoms with E-state index in [9.17, 15) is 10.1 Å². The molecule has 0 aliphatic heterocycles. The first-order valence-electron chi connectivity index (χ1n) is 8.24. The fraction of sp³-hybridized carbons (Fsp3) is 0.294. The summed E-state index contributed by atoms with van der Waals surface area (Å²) in [6.45, 7) is 5.79. The molecule has 0 saturated carbocycles. The minimum Gasteiger partial charge on any atom is -0.262 e. The summed E-state index contributed by atoms with van der Waals surface area (Å²) in [4.78, 5) is 19.8. The van der Waals surface area contributed by atoms with Crippen molar-refractivity contribution in [3.8, 4) is 0 Å². The quantitative estimate of drug-likeness (QED) is 0.413. The van der Waals surface area contributed by atoms with Crippen molar-refractivity contribution < 1.29 is 4.92 Å². The topological polar surface area (TPSA) is 104 Å². The zero-order chi connectivity index (χ0) is 18.4. The van der Waals surface area contributed by atoms with Gasteiger partial charge in [-0.2, -0.15) is 5.10 Å². The number of para-hydroxylation sites is 1. The van der Waals surface area contributed by atoms with Gasteiger partial charge in [0.25, 0.3) is 0 Å². The summed E-state index contributed by atoms with van der Waals surface area (Å²) in [5, 5.41) is 20.9. The highest BCUT2D eigenvalue weighted by Gasteiger charge is 2.24. The molecule has 1 atom stereocenters. The molecule has 0 aliphatic carbocycles. The SMILES string of the molecule is Cc1nn(C[C@H](C)c2nc3c4ccccc4ncn3n2)c(C)c1[N+](=O)[O-]. The summed E-state index contributed by atoms with van der Waals surface area (Å²) in [7, 11) is 0. The second-order valence-electron chi connectivity index (χ2n) is 6.36. The molecule has 0 unspecified atom stereocenters. The summed E-state index contributed by atoms with van der Waals surface area (Å²) in [6.07, 6.45) is 1.65. The molecule has 0 radical (unpaired) electrons. The van der Waals surface area contributed by atoms with Gasteiger partial charge in [-0.1, -0.05) is 19.1 Å². The molecule has 4 aromatic rings. The number of nitrogens with zero attached hydrogens (tertiary/aromatic N) is 7. The average Bonchev–Trinajstić information content (AvgIpc) is 3.16. The normalized spacial score (nSPS) is 12.7. The molecule has 1 aromatic carbocycles. The average molecular weight is 351 g/mol. The van der Waals surface area contributed by atoms with Crippen LogP contribution in [-0.2, 0) is 6.54 Å². The molecular formula is C17H17N7O2. The number of fused-ring (bicyclic) bond motifs is 3. The summed E-state index contributed by atoms with van der Waals surface area (Å²) >= 11 is 0. The Morgan fingerprint density at radius 1 is 1.23 bits per heavy atom. The lowest BCUT2D eigenvalue weighted by Gasteiger charge is -2.08. The molecule has 0 amide bonds. The second kappa shape index (κ2) is 5.87. The van der Waals surface area contributed by atoms with E-state index in [0.29, 0.717) is 23.8 Å². The molecule has 0 fully saturated rings. The van der Waals surface area contributed by atoms with Crippen molar-refractivity contribution in [1.82, 2.24) is 29.4 Å². The Bertz CT molecular complexity index is 1140. The van der Waals surface area contributed by atoms with Crippen LogP contribution in [0.25, 0.3) is 16.6 Å². The minimum absolute atomic E-state index is 0.0636. The molecule has 3 aromatic heterocycles. The van der Waals surface area contributed by atoms with Crippen LogP contribution in [0.1, 0.15) is 30.1 Å². The number of aryl methyl sites for hydroxylation is 1. The van der Waals surface area contributed by atoms with Gasteiger partial charge in [0.05, 0.1) is 17.0 Å². The maximum absolute atomic E-state index is 11.2. The van der Waals surface area contributed by atoms with E-state index in [1.54, 1.807) is 29.4 Å². The Balaban J connectivity index is 1.71. The first kappa shape index (κ1) is 16.1. The Morgan fingerprint density at radius 3 is 2.73 bits per heavy atom. The summed E-state index contributed by atoms with van der Waals surface area (Å²) < 4.78 is 3.32. The highest BCUT2D eigenvalue weighted by atomic mass is 16.6. The van der Waals surface area contributed by atoms with E-state index in [0.717, 1.165) is 16.6 Å². The first-order chi connectivity index (χ1) is 12.5. The van der Waals surface area contributed by atoms with E-state index in [2.05, 4.69) is 20.2 Å². The first-order valence-corrected chi connectivity index (χ1v) is 8.24. The maximum atomic E-state index is 11.2. The van der Waals surface area contributed by atoms with E-state index in [1.807, 2.05) is 31.2 Å². The van der Waals surface area contributed by atoms with Crippen molar-refractivity contribution in [1.29, 1.82) is 0 Å². The van der Waals surface area contributed by atoms with Crippen molar-refractivity contribution in [2.45, 2.75) is 33.2 Å². The van der Waals surface area contributed by atoms with Gasteiger partial charge in [-0.3, -0.25) is 14.8 Å². The number of benzene rings is 1. The van der Waals surface area contributed by atoms with Crippen LogP contribution in [0.15, 0.2) is 30.6 Å². The standard InChI is InChI=1S/C17H17N7O2/c1-10(8-22-12(3)15(24(25)26)11(2)20-22)16-19-17-13-6-4-5-7-14(13)18-9-23(17)21-16/h4-7,9-10H,8H2,1-3H3/t10-/m0/s1. The molecule has 4 rings (SSSR count). The van der Waals surface area contributed by atoms with Gasteiger partial charge in [-0.05, 0) is 26.0 Å². The van der Waals surface area contributed by atoms with Crippen molar-refractivity contribution >= 4 is 22.2 Å². The van der Waals surface area contributed by atoms with Gasteiger partial charge < -0.3 is 0 Å². The number of rotatable bonds is 4. The zero-order valence-corrected chi connectivity index (χ0v) is 14.6. The Morgan fingerprint density at radius 2 is 2.00 bits per heavy atom. The van der Waals surface area contributed by atoms with Crippen LogP contribution in [0, 0.1) is 24.0 Å². The van der Waals surface area contributed by atoms with Crippen LogP contribution in [-0.4, -0.2) is 34.3 Å². The van der Waals surface area contributed by atoms with Crippen LogP contribution in [0.2, 0.25) is 0 Å². The smallest absolute Gasteiger partial charge is 0.262 e. The third-order valence-corrected chi connectivity index (χ3v) is 4.51. The van der Waals surface area contributed by atoms with Gasteiger partial charge in [-0.15, -0.1) is 5.10 Å². The number of nitro groups is 1. The maximum Gasteiger partial charge on any atom is 0.312 e. The summed E-state index contributed by atoms with van der Waals surface area (Å²) in [5.41, 5.74) is 2.63. The molecule has 0 bridgehead atoms. The predicted octanol–water partition coefficient (Wildman–Crippen LogP) is 2.80. The minimum atomic E-state index is -0.389. The largest absolute Gasteiger partial charge is 0.312 e. The molecule has 9 nitrogen and oxygen atoms in total. The van der Waals surface area contributed by atoms with Crippen LogP contribution in [0.5, 0.6) is 0 Å². The van der Waals surface area contributed by atoms with E-state index < -0.39 is 0 Å². The van der Waals surface area contributed by atoms with Gasteiger partial charge in [0.15, 0.2) is 11.5 Å². The van der Waals surface area contributed by atoms with Gasteiger partial charge in [0.1, 0.15) is 17.7 Å². The fourth-order valence-electron chi connectivity index (χ4n) is 3.18. The molecule has 9 heteroatoms. The van der Waals surface area contributed by atoms with Crippen LogP contribution < -0.4 is 0 Å². The van der Waals surface area contributed by atoms with Gasteiger partial charge in [0, 0.05) is 11.3 Å². The lowest BCUT2D eigenvalue weighted by molar-refractivity contribution is -0.386. The second-order valence-corrected chi connectivity index (χ2v) is 6.36. The Hall–Kier alpha value is -3.36. The third-order valence-electron chi connectivity index (χ3n) is 4.51. The van der Waals surface area contributed by atoms with Crippen LogP contribution >= 0.6 is 0 Å². The van der Waals surface area contributed by atoms with E-state index >= 15 is 0 Å². The molecule has 132 valence electrons. The molecule has 0 saturated heterocycles. The zero-order valence-electron chi connectivity index (χ0n) is 14.6. The Labute approximate surface area is 148 Å². The fourth-order valence-corrected chi connectivity index (χ4v) is 3.18. The lowest BCUT2D eigenvalue weighted by atomic mass is 10.1. The molecule has 26 heavy (non-hydrogen) atoms. The summed E-state index contributed by atoms with van der Waals surface area (Å²) in [5.74, 6) is 0.588. The van der Waals surface area contributed by atoms with Gasteiger partial charge in [0.2, 0.25) is 0 Å². The van der Waals surface area contributed by atoms with Crippen molar-refractivity contribution in [2.24, 2.45) is 0 Å². The van der Waals surface area contributed by atoms with E-state index in [4.69, 9.17) is 0 Å². The molecular weight excluding hydrogens is 334 g/mol. The third kappa shape index (κ3) is 2.48. The molecule has 0 N–H and O–H groups in total. The number of hydrogen-bond acceptors (Lipinski definition) is 6. The van der Waals surface area contributed by atoms with Crippen LogP contribution in [0.3, 0.4) is 0 Å². The molecule has 0 aliphatic rings. The van der Waals surface area contributed by atoms with Gasteiger partial charge >= 0.3 is 5.69 Å². The van der Waals surface area contributed by atoms with Crippen molar-refractivity contribution in [2.75, 3.05) is 0 Å². The van der Waals surface area contributed by atoms with E-state index in [-0.39, 0.29) is 16.5 Å².